The van der Waals surface area contributed by atoms with Crippen molar-refractivity contribution in [2.24, 2.45) is 5.92 Å². The molecule has 0 radical (unpaired) electrons. The average molecular weight is 533 g/mol. The van der Waals surface area contributed by atoms with E-state index in [-0.39, 0.29) is 42.3 Å². The van der Waals surface area contributed by atoms with Crippen molar-refractivity contribution >= 4 is 46.3 Å². The van der Waals surface area contributed by atoms with Crippen LogP contribution in [0.5, 0.6) is 0 Å². The van der Waals surface area contributed by atoms with E-state index in [0.29, 0.717) is 29.3 Å². The number of benzene rings is 1. The van der Waals surface area contributed by atoms with Crippen LogP contribution in [0.15, 0.2) is 24.3 Å². The summed E-state index contributed by atoms with van der Waals surface area (Å²) in [4.78, 5) is 48.1. The SMILES string of the molecule is CN1CCc2nc(C(=O)NC3CC(C(=O)N(C)C)CCC3NC(=O)CNc3ccc(Cl)cc3)sc2C1. The molecule has 1 aromatic carbocycles. The molecule has 2 aliphatic rings. The molecule has 0 spiro atoms. The molecule has 11 heteroatoms. The van der Waals surface area contributed by atoms with Gasteiger partial charge >= 0.3 is 0 Å². The van der Waals surface area contributed by atoms with Gasteiger partial charge in [-0.05, 0) is 50.6 Å². The van der Waals surface area contributed by atoms with E-state index in [2.05, 4.69) is 32.9 Å². The van der Waals surface area contributed by atoms with Gasteiger partial charge in [-0.1, -0.05) is 11.6 Å². The summed E-state index contributed by atoms with van der Waals surface area (Å²) in [6.45, 7) is 1.81. The number of nitrogens with one attached hydrogen (secondary N) is 3. The number of rotatable bonds is 7. The van der Waals surface area contributed by atoms with Gasteiger partial charge in [-0.3, -0.25) is 14.4 Å². The molecule has 1 saturated carbocycles. The number of hydrogen-bond donors (Lipinski definition) is 3. The predicted molar refractivity (Wildman–Crippen MR) is 141 cm³/mol. The molecule has 9 nitrogen and oxygen atoms in total. The highest BCUT2D eigenvalue weighted by Gasteiger charge is 2.37. The quantitative estimate of drug-likeness (QED) is 0.505. The van der Waals surface area contributed by atoms with Crippen molar-refractivity contribution in [3.63, 3.8) is 0 Å². The molecule has 1 fully saturated rings. The monoisotopic (exact) mass is 532 g/mol. The standard InChI is InChI=1S/C25H33ClN6O3S/c1-31(2)25(35)15-4-9-18(28-22(33)13-27-17-7-5-16(26)6-8-17)20(12-15)29-23(34)24-30-19-10-11-32(3)14-21(19)36-24/h5-8,15,18,20,27H,4,9-14H2,1-3H3,(H,28,33)(H,29,34). The number of likely N-dealkylation sites (N-methyl/N-ethyl adjacent to an activating group) is 1. The van der Waals surface area contributed by atoms with Crippen LogP contribution < -0.4 is 16.0 Å². The third-order valence-corrected chi connectivity index (χ3v) is 8.05. The van der Waals surface area contributed by atoms with Gasteiger partial charge in [0, 0.05) is 61.2 Å². The van der Waals surface area contributed by atoms with Gasteiger partial charge in [-0.15, -0.1) is 11.3 Å². The molecule has 3 unspecified atom stereocenters. The second kappa shape index (κ2) is 11.6. The fourth-order valence-corrected chi connectivity index (χ4v) is 5.97. The van der Waals surface area contributed by atoms with Crippen molar-refractivity contribution in [3.05, 3.63) is 44.9 Å². The zero-order chi connectivity index (χ0) is 25.8. The summed E-state index contributed by atoms with van der Waals surface area (Å²) in [6.07, 6.45) is 2.54. The van der Waals surface area contributed by atoms with Crippen LogP contribution in [0, 0.1) is 5.92 Å². The Kier molecular flexibility index (Phi) is 8.48. The van der Waals surface area contributed by atoms with E-state index in [4.69, 9.17) is 11.6 Å². The van der Waals surface area contributed by atoms with Gasteiger partial charge in [0.15, 0.2) is 5.01 Å². The maximum Gasteiger partial charge on any atom is 0.280 e. The van der Waals surface area contributed by atoms with Crippen molar-refractivity contribution in [2.45, 2.75) is 44.3 Å². The summed E-state index contributed by atoms with van der Waals surface area (Å²) < 4.78 is 0. The number of aromatic nitrogens is 1. The molecular formula is C25H33ClN6O3S. The van der Waals surface area contributed by atoms with Crippen LogP contribution in [-0.2, 0) is 22.6 Å². The minimum Gasteiger partial charge on any atom is -0.376 e. The second-order valence-electron chi connectivity index (χ2n) is 9.73. The zero-order valence-electron chi connectivity index (χ0n) is 20.8. The zero-order valence-corrected chi connectivity index (χ0v) is 22.4. The van der Waals surface area contributed by atoms with E-state index in [1.165, 1.54) is 11.3 Å². The average Bonchev–Trinajstić information content (AvgIpc) is 3.27. The van der Waals surface area contributed by atoms with Crippen LogP contribution in [-0.4, -0.2) is 78.8 Å². The van der Waals surface area contributed by atoms with Crippen LogP contribution in [0.2, 0.25) is 5.02 Å². The first-order valence-electron chi connectivity index (χ1n) is 12.2. The third kappa shape index (κ3) is 6.54. The van der Waals surface area contributed by atoms with Crippen LogP contribution in [0.3, 0.4) is 0 Å². The molecule has 0 saturated heterocycles. The van der Waals surface area contributed by atoms with E-state index >= 15 is 0 Å². The molecule has 1 aromatic heterocycles. The number of nitrogens with zero attached hydrogens (tertiary/aromatic N) is 3. The second-order valence-corrected chi connectivity index (χ2v) is 11.3. The first-order chi connectivity index (χ1) is 17.2. The van der Waals surface area contributed by atoms with E-state index in [0.717, 1.165) is 35.8 Å². The number of carbonyl (C=O) groups excluding carboxylic acids is 3. The molecule has 4 rings (SSSR count). The van der Waals surface area contributed by atoms with Crippen LogP contribution in [0.4, 0.5) is 5.69 Å². The Hall–Kier alpha value is -2.69. The van der Waals surface area contributed by atoms with E-state index in [1.54, 1.807) is 31.1 Å². The summed E-state index contributed by atoms with van der Waals surface area (Å²) in [6, 6.07) is 6.48. The molecule has 3 N–H and O–H groups in total. The van der Waals surface area contributed by atoms with Gasteiger partial charge in [-0.2, -0.15) is 0 Å². The molecule has 1 aliphatic carbocycles. The molecule has 2 heterocycles. The Balaban J connectivity index is 1.42. The van der Waals surface area contributed by atoms with Crippen molar-refractivity contribution in [1.29, 1.82) is 0 Å². The summed E-state index contributed by atoms with van der Waals surface area (Å²) in [5.74, 6) is -0.599. The maximum absolute atomic E-state index is 13.2. The fraction of sp³-hybridized carbons (Fsp3) is 0.520. The number of halogens is 1. The number of amides is 3. The van der Waals surface area contributed by atoms with Gasteiger partial charge in [-0.25, -0.2) is 4.98 Å². The Labute approximate surface area is 220 Å². The van der Waals surface area contributed by atoms with Crippen LogP contribution >= 0.6 is 22.9 Å². The molecule has 3 amide bonds. The molecule has 2 aromatic rings. The highest BCUT2D eigenvalue weighted by Crippen LogP contribution is 2.28. The summed E-state index contributed by atoms with van der Waals surface area (Å²) >= 11 is 7.34. The molecule has 194 valence electrons. The van der Waals surface area contributed by atoms with Gasteiger partial charge < -0.3 is 25.8 Å². The Morgan fingerprint density at radius 3 is 2.61 bits per heavy atom. The summed E-state index contributed by atoms with van der Waals surface area (Å²) in [7, 11) is 5.54. The lowest BCUT2D eigenvalue weighted by atomic mass is 9.81. The minimum atomic E-state index is -0.372. The molecule has 36 heavy (non-hydrogen) atoms. The lowest BCUT2D eigenvalue weighted by Gasteiger charge is -2.37. The lowest BCUT2D eigenvalue weighted by molar-refractivity contribution is -0.134. The molecular weight excluding hydrogens is 500 g/mol. The molecule has 0 bridgehead atoms. The van der Waals surface area contributed by atoms with E-state index in [1.807, 2.05) is 12.1 Å². The lowest BCUT2D eigenvalue weighted by Crippen LogP contribution is -2.56. The Morgan fingerprint density at radius 1 is 1.14 bits per heavy atom. The van der Waals surface area contributed by atoms with Gasteiger partial charge in [0.2, 0.25) is 11.8 Å². The maximum atomic E-state index is 13.2. The first-order valence-corrected chi connectivity index (χ1v) is 13.4. The first kappa shape index (κ1) is 26.4. The smallest absolute Gasteiger partial charge is 0.280 e. The normalized spacial score (nSPS) is 21.8. The number of anilines is 1. The Bertz CT molecular complexity index is 1110. The number of carbonyl (C=O) groups is 3. The van der Waals surface area contributed by atoms with Crippen molar-refractivity contribution in [3.8, 4) is 0 Å². The molecule has 1 aliphatic heterocycles. The predicted octanol–water partition coefficient (Wildman–Crippen LogP) is 2.37. The number of hydrogen-bond acceptors (Lipinski definition) is 7. The summed E-state index contributed by atoms with van der Waals surface area (Å²) in [5.41, 5.74) is 1.78. The number of fused-ring (bicyclic) bond motifs is 1. The topological polar surface area (TPSA) is 107 Å². The van der Waals surface area contributed by atoms with E-state index in [9.17, 15) is 14.4 Å². The Morgan fingerprint density at radius 2 is 1.89 bits per heavy atom. The van der Waals surface area contributed by atoms with Crippen LogP contribution in [0.25, 0.3) is 0 Å². The summed E-state index contributed by atoms with van der Waals surface area (Å²) in [5, 5.41) is 10.3. The largest absolute Gasteiger partial charge is 0.376 e. The van der Waals surface area contributed by atoms with Crippen LogP contribution in [0.1, 0.15) is 39.6 Å². The van der Waals surface area contributed by atoms with Gasteiger partial charge in [0.25, 0.3) is 5.91 Å². The van der Waals surface area contributed by atoms with Crippen molar-refractivity contribution in [2.75, 3.05) is 39.5 Å². The van der Waals surface area contributed by atoms with Crippen molar-refractivity contribution in [1.82, 2.24) is 25.4 Å². The fourth-order valence-electron chi connectivity index (χ4n) is 4.75. The van der Waals surface area contributed by atoms with Gasteiger partial charge in [0.05, 0.1) is 18.3 Å². The highest BCUT2D eigenvalue weighted by atomic mass is 35.5. The third-order valence-electron chi connectivity index (χ3n) is 6.72. The van der Waals surface area contributed by atoms with Gasteiger partial charge in [0.1, 0.15) is 0 Å². The minimum absolute atomic E-state index is 0.0381. The van der Waals surface area contributed by atoms with E-state index < -0.39 is 0 Å². The molecule has 3 atom stereocenters. The number of thiazole rings is 1. The van der Waals surface area contributed by atoms with Crippen molar-refractivity contribution < 1.29 is 14.4 Å². The highest BCUT2D eigenvalue weighted by molar-refractivity contribution is 7.13.